The number of hydrogen-bond acceptors (Lipinski definition) is 3. The van der Waals surface area contributed by atoms with E-state index in [0.717, 1.165) is 0 Å². The summed E-state index contributed by atoms with van der Waals surface area (Å²) in [5.41, 5.74) is -0.493. The summed E-state index contributed by atoms with van der Waals surface area (Å²) in [5, 5.41) is 0.694. The normalized spacial score (nSPS) is 11.8. The number of nitrogens with one attached hydrogen (secondary N) is 1. The highest BCUT2D eigenvalue weighted by Crippen LogP contribution is 2.21. The van der Waals surface area contributed by atoms with Gasteiger partial charge in [0.2, 0.25) is 5.56 Å². The standard InChI is InChI=1S/C9H6ClNO3S/c10-15(13,14)9-7-4-2-1-3-6(7)5-8(12)11-9/h1-5H,(H,11,12). The second-order valence-electron chi connectivity index (χ2n) is 2.99. The van der Waals surface area contributed by atoms with Crippen molar-refractivity contribution in [2.24, 2.45) is 0 Å². The van der Waals surface area contributed by atoms with E-state index in [-0.39, 0.29) is 5.03 Å². The van der Waals surface area contributed by atoms with Crippen LogP contribution in [-0.4, -0.2) is 13.4 Å². The van der Waals surface area contributed by atoms with Crippen molar-refractivity contribution in [1.29, 1.82) is 0 Å². The minimum Gasteiger partial charge on any atom is -0.311 e. The number of H-pyrrole nitrogens is 1. The van der Waals surface area contributed by atoms with Gasteiger partial charge in [-0.05, 0) is 5.39 Å². The van der Waals surface area contributed by atoms with Crippen LogP contribution in [0.15, 0.2) is 40.2 Å². The summed E-state index contributed by atoms with van der Waals surface area (Å²) in [6, 6.07) is 7.94. The first-order valence-electron chi connectivity index (χ1n) is 4.05. The summed E-state index contributed by atoms with van der Waals surface area (Å²) in [6.45, 7) is 0. The van der Waals surface area contributed by atoms with E-state index in [1.54, 1.807) is 24.3 Å². The fourth-order valence-corrected chi connectivity index (χ4v) is 2.41. The van der Waals surface area contributed by atoms with Crippen molar-refractivity contribution in [1.82, 2.24) is 4.98 Å². The Hall–Kier alpha value is -1.33. The van der Waals surface area contributed by atoms with Gasteiger partial charge in [0.15, 0.2) is 5.03 Å². The van der Waals surface area contributed by atoms with Crippen LogP contribution in [0.1, 0.15) is 0 Å². The topological polar surface area (TPSA) is 67.0 Å². The fraction of sp³-hybridized carbons (Fsp3) is 0. The molecule has 0 atom stereocenters. The summed E-state index contributed by atoms with van der Waals surface area (Å²) in [6.07, 6.45) is 0. The van der Waals surface area contributed by atoms with E-state index in [2.05, 4.69) is 4.98 Å². The zero-order chi connectivity index (χ0) is 11.1. The summed E-state index contributed by atoms with van der Waals surface area (Å²) in [5.74, 6) is 0. The molecule has 2 rings (SSSR count). The molecule has 0 aliphatic heterocycles. The molecule has 0 saturated heterocycles. The van der Waals surface area contributed by atoms with Crippen molar-refractivity contribution >= 4 is 30.5 Å². The number of aromatic nitrogens is 1. The van der Waals surface area contributed by atoms with Crippen molar-refractivity contribution in [2.45, 2.75) is 5.03 Å². The van der Waals surface area contributed by atoms with Crippen LogP contribution in [0.4, 0.5) is 0 Å². The summed E-state index contributed by atoms with van der Waals surface area (Å²) in [4.78, 5) is 13.4. The predicted molar refractivity (Wildman–Crippen MR) is 57.6 cm³/mol. The predicted octanol–water partition coefficient (Wildman–Crippen LogP) is 1.46. The number of fused-ring (bicyclic) bond motifs is 1. The van der Waals surface area contributed by atoms with Gasteiger partial charge in [-0.15, -0.1) is 0 Å². The van der Waals surface area contributed by atoms with E-state index in [9.17, 15) is 13.2 Å². The Morgan fingerprint density at radius 2 is 1.87 bits per heavy atom. The molecule has 4 nitrogen and oxygen atoms in total. The Morgan fingerprint density at radius 3 is 2.53 bits per heavy atom. The SMILES string of the molecule is O=c1cc2ccccc2c(S(=O)(=O)Cl)[nH]1. The van der Waals surface area contributed by atoms with Gasteiger partial charge in [-0.25, -0.2) is 8.42 Å². The van der Waals surface area contributed by atoms with Gasteiger partial charge in [0, 0.05) is 22.1 Å². The molecule has 1 N–H and O–H groups in total. The van der Waals surface area contributed by atoms with Crippen LogP contribution >= 0.6 is 10.7 Å². The molecule has 78 valence electrons. The summed E-state index contributed by atoms with van der Waals surface area (Å²) in [7, 11) is 1.28. The van der Waals surface area contributed by atoms with Gasteiger partial charge >= 0.3 is 0 Å². The third-order valence-corrected chi connectivity index (χ3v) is 3.25. The molecule has 0 bridgehead atoms. The zero-order valence-corrected chi connectivity index (χ0v) is 8.97. The molecule has 2 aromatic rings. The molecule has 0 spiro atoms. The number of hydrogen-bond donors (Lipinski definition) is 1. The lowest BCUT2D eigenvalue weighted by Crippen LogP contribution is -2.09. The van der Waals surface area contributed by atoms with Crippen molar-refractivity contribution in [3.05, 3.63) is 40.7 Å². The molecule has 0 radical (unpaired) electrons. The maximum Gasteiger partial charge on any atom is 0.277 e. The fourth-order valence-electron chi connectivity index (χ4n) is 1.38. The van der Waals surface area contributed by atoms with Gasteiger partial charge in [-0.3, -0.25) is 4.79 Å². The van der Waals surface area contributed by atoms with Crippen LogP contribution in [0.25, 0.3) is 10.8 Å². The van der Waals surface area contributed by atoms with Gasteiger partial charge in [0.1, 0.15) is 0 Å². The minimum absolute atomic E-state index is 0.257. The van der Waals surface area contributed by atoms with Crippen molar-refractivity contribution in [3.8, 4) is 0 Å². The van der Waals surface area contributed by atoms with Crippen molar-refractivity contribution in [2.75, 3.05) is 0 Å². The van der Waals surface area contributed by atoms with Gasteiger partial charge in [0.25, 0.3) is 9.05 Å². The molecule has 15 heavy (non-hydrogen) atoms. The largest absolute Gasteiger partial charge is 0.311 e. The molecule has 1 aromatic carbocycles. The smallest absolute Gasteiger partial charge is 0.277 e. The van der Waals surface area contributed by atoms with E-state index in [0.29, 0.717) is 10.8 Å². The maximum absolute atomic E-state index is 11.2. The molecule has 0 amide bonds. The van der Waals surface area contributed by atoms with E-state index in [1.807, 2.05) is 0 Å². The van der Waals surface area contributed by atoms with Crippen LogP contribution in [-0.2, 0) is 9.05 Å². The second-order valence-corrected chi connectivity index (χ2v) is 5.49. The Morgan fingerprint density at radius 1 is 1.20 bits per heavy atom. The summed E-state index contributed by atoms with van der Waals surface area (Å²) < 4.78 is 22.4. The van der Waals surface area contributed by atoms with Gasteiger partial charge in [-0.2, -0.15) is 0 Å². The third-order valence-electron chi connectivity index (χ3n) is 1.97. The quantitative estimate of drug-likeness (QED) is 0.771. The highest BCUT2D eigenvalue weighted by atomic mass is 35.7. The Bertz CT molecular complexity index is 675. The van der Waals surface area contributed by atoms with E-state index in [4.69, 9.17) is 10.7 Å². The molecule has 6 heteroatoms. The van der Waals surface area contributed by atoms with Gasteiger partial charge in [-0.1, -0.05) is 24.3 Å². The first-order valence-corrected chi connectivity index (χ1v) is 6.36. The Balaban J connectivity index is 3.02. The van der Waals surface area contributed by atoms with Crippen LogP contribution in [0, 0.1) is 0 Å². The molecule has 0 aliphatic carbocycles. The molecular formula is C9H6ClNO3S. The molecule has 0 unspecified atom stereocenters. The highest BCUT2D eigenvalue weighted by Gasteiger charge is 2.15. The lowest BCUT2D eigenvalue weighted by molar-refractivity contribution is 0.607. The van der Waals surface area contributed by atoms with Gasteiger partial charge < -0.3 is 4.98 Å². The molecule has 1 aromatic heterocycles. The number of halogens is 1. The Labute approximate surface area is 89.9 Å². The monoisotopic (exact) mass is 243 g/mol. The van der Waals surface area contributed by atoms with Crippen LogP contribution < -0.4 is 5.56 Å². The van der Waals surface area contributed by atoms with Gasteiger partial charge in [0.05, 0.1) is 0 Å². The van der Waals surface area contributed by atoms with E-state index >= 15 is 0 Å². The van der Waals surface area contributed by atoms with Crippen molar-refractivity contribution < 1.29 is 8.42 Å². The zero-order valence-electron chi connectivity index (χ0n) is 7.40. The number of aromatic amines is 1. The lowest BCUT2D eigenvalue weighted by Gasteiger charge is -2.01. The summed E-state index contributed by atoms with van der Waals surface area (Å²) >= 11 is 0. The highest BCUT2D eigenvalue weighted by molar-refractivity contribution is 8.13. The van der Waals surface area contributed by atoms with Crippen LogP contribution in [0.2, 0.25) is 0 Å². The number of pyridine rings is 1. The average Bonchev–Trinajstić information content (AvgIpc) is 2.15. The third kappa shape index (κ3) is 1.88. The number of benzene rings is 1. The first kappa shape index (κ1) is 10.2. The second kappa shape index (κ2) is 3.36. The number of rotatable bonds is 1. The van der Waals surface area contributed by atoms with Crippen molar-refractivity contribution in [3.63, 3.8) is 0 Å². The first-order chi connectivity index (χ1) is 6.98. The van der Waals surface area contributed by atoms with Crippen LogP contribution in [0.3, 0.4) is 0 Å². The maximum atomic E-state index is 11.2. The lowest BCUT2D eigenvalue weighted by atomic mass is 10.2. The molecule has 0 fully saturated rings. The molecule has 0 saturated carbocycles. The van der Waals surface area contributed by atoms with E-state index < -0.39 is 14.6 Å². The minimum atomic E-state index is -3.94. The average molecular weight is 244 g/mol. The Kier molecular flexibility index (Phi) is 2.28. The molecule has 1 heterocycles. The molecular weight excluding hydrogens is 238 g/mol. The van der Waals surface area contributed by atoms with Crippen LogP contribution in [0.5, 0.6) is 0 Å². The molecule has 0 aliphatic rings. The van der Waals surface area contributed by atoms with E-state index in [1.165, 1.54) is 6.07 Å².